The molecular weight excluding hydrogens is 248 g/mol. The minimum atomic E-state index is 0.228. The molecule has 2 aromatic rings. The first kappa shape index (κ1) is 12.4. The average molecular weight is 262 g/mol. The Morgan fingerprint density at radius 1 is 1.24 bits per heavy atom. The van der Waals surface area contributed by atoms with Crippen molar-refractivity contribution >= 4 is 28.9 Å². The molecule has 0 spiro atoms. The molecule has 2 rings (SSSR count). The van der Waals surface area contributed by atoms with Crippen LogP contribution in [0.5, 0.6) is 0 Å². The summed E-state index contributed by atoms with van der Waals surface area (Å²) in [5.41, 5.74) is 0.819. The third-order valence-corrected chi connectivity index (χ3v) is 4.27. The van der Waals surface area contributed by atoms with Crippen LogP contribution < -0.4 is 0 Å². The molecule has 0 aliphatic heterocycles. The molecular formula is C14H14OS2. The molecule has 0 amide bonds. The van der Waals surface area contributed by atoms with E-state index in [0.717, 1.165) is 12.0 Å². The van der Waals surface area contributed by atoms with Crippen LogP contribution in [0.4, 0.5) is 0 Å². The molecule has 0 saturated carbocycles. The lowest BCUT2D eigenvalue weighted by atomic mass is 10.1. The average Bonchev–Trinajstić information content (AvgIpc) is 2.89. The summed E-state index contributed by atoms with van der Waals surface area (Å²) in [7, 11) is 0. The SMILES string of the molecule is CSc1ccc(C(=O)CCc2cccs2)cc1. The summed E-state index contributed by atoms with van der Waals surface area (Å²) < 4.78 is 0. The number of thioether (sulfide) groups is 1. The monoisotopic (exact) mass is 262 g/mol. The number of Topliss-reactive ketones (excluding diaryl/α,β-unsaturated/α-hetero) is 1. The predicted molar refractivity (Wildman–Crippen MR) is 75.2 cm³/mol. The van der Waals surface area contributed by atoms with Gasteiger partial charge in [0.25, 0.3) is 0 Å². The Morgan fingerprint density at radius 3 is 2.59 bits per heavy atom. The van der Waals surface area contributed by atoms with E-state index in [9.17, 15) is 4.79 Å². The van der Waals surface area contributed by atoms with Gasteiger partial charge in [-0.25, -0.2) is 0 Å². The number of hydrogen-bond donors (Lipinski definition) is 0. The molecule has 3 heteroatoms. The molecule has 88 valence electrons. The lowest BCUT2D eigenvalue weighted by Gasteiger charge is -2.01. The first-order valence-corrected chi connectivity index (χ1v) is 7.59. The van der Waals surface area contributed by atoms with Gasteiger partial charge in [-0.15, -0.1) is 23.1 Å². The fraction of sp³-hybridized carbons (Fsp3) is 0.214. The maximum absolute atomic E-state index is 11.9. The molecule has 1 heterocycles. The Labute approximate surface area is 110 Å². The zero-order valence-corrected chi connectivity index (χ0v) is 11.3. The van der Waals surface area contributed by atoms with Crippen LogP contribution in [0.1, 0.15) is 21.7 Å². The van der Waals surface area contributed by atoms with Crippen LogP contribution in [0.3, 0.4) is 0 Å². The molecule has 0 fully saturated rings. The maximum atomic E-state index is 11.9. The minimum absolute atomic E-state index is 0.228. The van der Waals surface area contributed by atoms with E-state index in [1.54, 1.807) is 23.1 Å². The summed E-state index contributed by atoms with van der Waals surface area (Å²) in [6.07, 6.45) is 3.48. The fourth-order valence-electron chi connectivity index (χ4n) is 1.61. The number of thiophene rings is 1. The highest BCUT2D eigenvalue weighted by Gasteiger charge is 2.06. The van der Waals surface area contributed by atoms with E-state index >= 15 is 0 Å². The van der Waals surface area contributed by atoms with Gasteiger partial charge in [-0.2, -0.15) is 0 Å². The van der Waals surface area contributed by atoms with Gasteiger partial charge in [0.2, 0.25) is 0 Å². The van der Waals surface area contributed by atoms with Crippen LogP contribution in [-0.4, -0.2) is 12.0 Å². The van der Waals surface area contributed by atoms with Gasteiger partial charge in [-0.1, -0.05) is 18.2 Å². The summed E-state index contributed by atoms with van der Waals surface area (Å²) >= 11 is 3.40. The number of carbonyl (C=O) groups excluding carboxylic acids is 1. The van der Waals surface area contributed by atoms with Gasteiger partial charge in [-0.05, 0) is 36.3 Å². The van der Waals surface area contributed by atoms with Crippen LogP contribution in [-0.2, 0) is 6.42 Å². The number of hydrogen-bond acceptors (Lipinski definition) is 3. The van der Waals surface area contributed by atoms with Gasteiger partial charge in [0.15, 0.2) is 5.78 Å². The van der Waals surface area contributed by atoms with Gasteiger partial charge in [0.05, 0.1) is 0 Å². The van der Waals surface area contributed by atoms with Crippen LogP contribution in [0, 0.1) is 0 Å². The van der Waals surface area contributed by atoms with Crippen LogP contribution in [0.2, 0.25) is 0 Å². The lowest BCUT2D eigenvalue weighted by molar-refractivity contribution is 0.0983. The highest BCUT2D eigenvalue weighted by Crippen LogP contribution is 2.17. The van der Waals surface area contributed by atoms with Gasteiger partial charge < -0.3 is 0 Å². The molecule has 0 saturated heterocycles. The van der Waals surface area contributed by atoms with Crippen molar-refractivity contribution in [2.75, 3.05) is 6.26 Å². The molecule has 0 unspecified atom stereocenters. The Balaban J connectivity index is 1.95. The van der Waals surface area contributed by atoms with Crippen molar-refractivity contribution in [2.24, 2.45) is 0 Å². The molecule has 0 aliphatic rings. The maximum Gasteiger partial charge on any atom is 0.163 e. The second-order valence-corrected chi connectivity index (χ2v) is 5.64. The largest absolute Gasteiger partial charge is 0.294 e. The van der Waals surface area contributed by atoms with Crippen LogP contribution in [0.15, 0.2) is 46.7 Å². The summed E-state index contributed by atoms with van der Waals surface area (Å²) in [5, 5.41) is 2.05. The van der Waals surface area contributed by atoms with Gasteiger partial charge >= 0.3 is 0 Å². The summed E-state index contributed by atoms with van der Waals surface area (Å²) in [6, 6.07) is 11.9. The lowest BCUT2D eigenvalue weighted by Crippen LogP contribution is -2.00. The van der Waals surface area contributed by atoms with E-state index in [1.165, 1.54) is 9.77 Å². The van der Waals surface area contributed by atoms with Crippen molar-refractivity contribution in [3.8, 4) is 0 Å². The fourth-order valence-corrected chi connectivity index (χ4v) is 2.73. The Hall–Kier alpha value is -1.06. The van der Waals surface area contributed by atoms with E-state index in [-0.39, 0.29) is 5.78 Å². The molecule has 0 bridgehead atoms. The molecule has 17 heavy (non-hydrogen) atoms. The molecule has 0 aliphatic carbocycles. The Morgan fingerprint density at radius 2 is 2.00 bits per heavy atom. The standard InChI is InChI=1S/C14H14OS2/c1-16-12-6-4-11(5-7-12)14(15)9-8-13-3-2-10-17-13/h2-7,10H,8-9H2,1H3. The molecule has 0 radical (unpaired) electrons. The summed E-state index contributed by atoms with van der Waals surface area (Å²) in [5.74, 6) is 0.228. The molecule has 0 N–H and O–H groups in total. The first-order valence-electron chi connectivity index (χ1n) is 5.49. The molecule has 1 aromatic heterocycles. The van der Waals surface area contributed by atoms with E-state index < -0.39 is 0 Å². The van der Waals surface area contributed by atoms with Crippen LogP contribution in [0.25, 0.3) is 0 Å². The Kier molecular flexibility index (Phi) is 4.40. The van der Waals surface area contributed by atoms with Gasteiger partial charge in [0.1, 0.15) is 0 Å². The van der Waals surface area contributed by atoms with Gasteiger partial charge in [0, 0.05) is 21.8 Å². The third kappa shape index (κ3) is 3.45. The van der Waals surface area contributed by atoms with E-state index in [0.29, 0.717) is 6.42 Å². The van der Waals surface area contributed by atoms with Crippen LogP contribution >= 0.6 is 23.1 Å². The summed E-state index contributed by atoms with van der Waals surface area (Å²) in [6.45, 7) is 0. The van der Waals surface area contributed by atoms with E-state index in [1.807, 2.05) is 42.0 Å². The van der Waals surface area contributed by atoms with E-state index in [2.05, 4.69) is 6.07 Å². The molecule has 0 atom stereocenters. The van der Waals surface area contributed by atoms with Crippen molar-refractivity contribution in [3.05, 3.63) is 52.2 Å². The highest BCUT2D eigenvalue weighted by atomic mass is 32.2. The number of benzene rings is 1. The van der Waals surface area contributed by atoms with Crippen molar-refractivity contribution in [3.63, 3.8) is 0 Å². The first-order chi connectivity index (χ1) is 8.29. The second-order valence-electron chi connectivity index (χ2n) is 3.73. The summed E-state index contributed by atoms with van der Waals surface area (Å²) in [4.78, 5) is 14.4. The second kappa shape index (κ2) is 6.03. The number of rotatable bonds is 5. The van der Waals surface area contributed by atoms with Crippen molar-refractivity contribution in [2.45, 2.75) is 17.7 Å². The normalized spacial score (nSPS) is 10.4. The molecule has 1 nitrogen and oxygen atoms in total. The van der Waals surface area contributed by atoms with Crippen molar-refractivity contribution in [1.82, 2.24) is 0 Å². The topological polar surface area (TPSA) is 17.1 Å². The molecule has 1 aromatic carbocycles. The quantitative estimate of drug-likeness (QED) is 0.591. The highest BCUT2D eigenvalue weighted by molar-refractivity contribution is 7.98. The Bertz CT molecular complexity index is 471. The zero-order chi connectivity index (χ0) is 12.1. The number of carbonyl (C=O) groups is 1. The predicted octanol–water partition coefficient (Wildman–Crippen LogP) is 4.29. The van der Waals surface area contributed by atoms with E-state index in [4.69, 9.17) is 0 Å². The zero-order valence-electron chi connectivity index (χ0n) is 9.68. The number of aryl methyl sites for hydroxylation is 1. The van der Waals surface area contributed by atoms with Crippen molar-refractivity contribution < 1.29 is 4.79 Å². The van der Waals surface area contributed by atoms with Crippen molar-refractivity contribution in [1.29, 1.82) is 0 Å². The minimum Gasteiger partial charge on any atom is -0.294 e. The smallest absolute Gasteiger partial charge is 0.163 e. The number of ketones is 1. The van der Waals surface area contributed by atoms with Gasteiger partial charge in [-0.3, -0.25) is 4.79 Å². The third-order valence-electron chi connectivity index (χ3n) is 2.59.